The summed E-state index contributed by atoms with van der Waals surface area (Å²) in [4.78, 5) is 45.5. The van der Waals surface area contributed by atoms with Crippen LogP contribution >= 0.6 is 0 Å². The van der Waals surface area contributed by atoms with Crippen LogP contribution in [-0.2, 0) is 20.8 Å². The quantitative estimate of drug-likeness (QED) is 0.529. The lowest BCUT2D eigenvalue weighted by Gasteiger charge is -2.09. The van der Waals surface area contributed by atoms with E-state index in [0.29, 0.717) is 10.9 Å². The van der Waals surface area contributed by atoms with Crippen LogP contribution in [0.3, 0.4) is 0 Å². The zero-order valence-corrected chi connectivity index (χ0v) is 13.3. The first kappa shape index (κ1) is 18.0. The van der Waals surface area contributed by atoms with Gasteiger partial charge in [0.15, 0.2) is 0 Å². The molecule has 0 atom stereocenters. The molecule has 2 rings (SSSR count). The highest BCUT2D eigenvalue weighted by atomic mass is 16.4. The second-order valence-corrected chi connectivity index (χ2v) is 5.28. The molecule has 0 radical (unpaired) electrons. The van der Waals surface area contributed by atoms with E-state index in [-0.39, 0.29) is 23.3 Å². The monoisotopic (exact) mass is 347 g/mol. The van der Waals surface area contributed by atoms with E-state index in [4.69, 9.17) is 4.42 Å². The first-order chi connectivity index (χ1) is 11.8. The Morgan fingerprint density at radius 3 is 2.52 bits per heavy atom. The molecule has 0 spiro atoms. The van der Waals surface area contributed by atoms with Gasteiger partial charge in [0, 0.05) is 11.5 Å². The normalized spacial score (nSPS) is 10.4. The number of aromatic hydroxyl groups is 1. The van der Waals surface area contributed by atoms with Crippen LogP contribution in [0, 0.1) is 6.92 Å². The third-order valence-corrected chi connectivity index (χ3v) is 3.48. The predicted molar refractivity (Wildman–Crippen MR) is 83.6 cm³/mol. The largest absolute Gasteiger partial charge is 0.548 e. The van der Waals surface area contributed by atoms with Crippen molar-refractivity contribution < 1.29 is 29.0 Å². The van der Waals surface area contributed by atoms with Gasteiger partial charge in [-0.2, -0.15) is 0 Å². The van der Waals surface area contributed by atoms with Crippen LogP contribution in [0.25, 0.3) is 11.0 Å². The molecule has 9 nitrogen and oxygen atoms in total. The third-order valence-electron chi connectivity index (χ3n) is 3.48. The Kier molecular flexibility index (Phi) is 5.38. The minimum atomic E-state index is -1.45. The molecule has 1 aromatic carbocycles. The van der Waals surface area contributed by atoms with Crippen LogP contribution in [0.1, 0.15) is 11.1 Å². The smallest absolute Gasteiger partial charge is 0.340 e. The van der Waals surface area contributed by atoms with E-state index in [0.717, 1.165) is 0 Å². The summed E-state index contributed by atoms with van der Waals surface area (Å²) in [6.45, 7) is 0.554. The number of carboxylic acid groups (broad SMARTS) is 1. The maximum atomic E-state index is 12.0. The molecule has 9 heteroatoms. The number of nitrogens with one attached hydrogen (secondary N) is 2. The Hall–Kier alpha value is -3.36. The van der Waals surface area contributed by atoms with E-state index in [9.17, 15) is 29.4 Å². The third kappa shape index (κ3) is 4.56. The number of phenolic OH excluding ortho intramolecular Hbond substituents is 1. The molecule has 132 valence electrons. The van der Waals surface area contributed by atoms with E-state index in [1.165, 1.54) is 12.1 Å². The average Bonchev–Trinajstić information content (AvgIpc) is 2.54. The number of carbonyl (C=O) groups is 3. The van der Waals surface area contributed by atoms with E-state index < -0.39 is 36.5 Å². The molecule has 0 saturated heterocycles. The predicted octanol–water partition coefficient (Wildman–Crippen LogP) is -1.67. The summed E-state index contributed by atoms with van der Waals surface area (Å²) >= 11 is 0. The summed E-state index contributed by atoms with van der Waals surface area (Å²) in [6.07, 6.45) is -0.307. The van der Waals surface area contributed by atoms with Gasteiger partial charge >= 0.3 is 5.63 Å². The number of aryl methyl sites for hydroxylation is 1. The van der Waals surface area contributed by atoms with Crippen LogP contribution in [0.15, 0.2) is 27.4 Å². The molecule has 2 amide bonds. The summed E-state index contributed by atoms with van der Waals surface area (Å²) in [7, 11) is 0. The molecule has 0 saturated carbocycles. The first-order valence-corrected chi connectivity index (χ1v) is 7.26. The Labute approximate surface area is 141 Å². The van der Waals surface area contributed by atoms with Crippen LogP contribution in [0.4, 0.5) is 0 Å². The van der Waals surface area contributed by atoms with Gasteiger partial charge in [0.1, 0.15) is 11.3 Å². The Balaban J connectivity index is 2.08. The molecule has 0 unspecified atom stereocenters. The fourth-order valence-electron chi connectivity index (χ4n) is 2.22. The number of amides is 2. The molecule has 1 aromatic heterocycles. The van der Waals surface area contributed by atoms with Crippen molar-refractivity contribution in [1.82, 2.24) is 10.6 Å². The molecular formula is C16H15N2O7-. The number of aliphatic carboxylic acids is 1. The van der Waals surface area contributed by atoms with Crippen LogP contribution in [0.2, 0.25) is 0 Å². The van der Waals surface area contributed by atoms with Crippen molar-refractivity contribution in [1.29, 1.82) is 0 Å². The number of phenols is 1. The standard InChI is InChI=1S/C16H16N2O7/c1-8-10-3-2-9(19)4-12(10)25-16(24)11(8)5-13(20)17-6-14(21)18-7-15(22)23/h2-4,19H,5-7H2,1H3,(H,17,20)(H,18,21)(H,22,23)/p-1. The van der Waals surface area contributed by atoms with Crippen molar-refractivity contribution >= 4 is 28.8 Å². The molecule has 0 aliphatic heterocycles. The van der Waals surface area contributed by atoms with Crippen molar-refractivity contribution in [3.63, 3.8) is 0 Å². The van der Waals surface area contributed by atoms with Crippen molar-refractivity contribution in [3.8, 4) is 5.75 Å². The van der Waals surface area contributed by atoms with Crippen molar-refractivity contribution in [2.45, 2.75) is 13.3 Å². The molecular weight excluding hydrogens is 332 g/mol. The molecule has 0 aliphatic rings. The fraction of sp³-hybridized carbons (Fsp3) is 0.250. The van der Waals surface area contributed by atoms with Crippen LogP contribution in [0.5, 0.6) is 5.75 Å². The summed E-state index contributed by atoms with van der Waals surface area (Å²) in [5.74, 6) is -2.80. The van der Waals surface area contributed by atoms with Crippen LogP contribution < -0.4 is 21.4 Å². The lowest BCUT2D eigenvalue weighted by Crippen LogP contribution is -2.43. The number of benzene rings is 1. The summed E-state index contributed by atoms with van der Waals surface area (Å²) in [6, 6.07) is 4.30. The van der Waals surface area contributed by atoms with Gasteiger partial charge in [-0.1, -0.05) is 0 Å². The van der Waals surface area contributed by atoms with Gasteiger partial charge in [-0.05, 0) is 24.6 Å². The number of carbonyl (C=O) groups excluding carboxylic acids is 3. The lowest BCUT2D eigenvalue weighted by molar-refractivity contribution is -0.304. The zero-order valence-electron chi connectivity index (χ0n) is 13.3. The van der Waals surface area contributed by atoms with Gasteiger partial charge < -0.3 is 30.1 Å². The molecule has 0 aliphatic carbocycles. The number of hydrogen-bond donors (Lipinski definition) is 3. The molecule has 0 bridgehead atoms. The fourth-order valence-corrected chi connectivity index (χ4v) is 2.22. The Morgan fingerprint density at radius 1 is 1.16 bits per heavy atom. The number of rotatable bonds is 6. The van der Waals surface area contributed by atoms with Gasteiger partial charge in [0.05, 0.1) is 31.0 Å². The molecule has 25 heavy (non-hydrogen) atoms. The van der Waals surface area contributed by atoms with E-state index in [2.05, 4.69) is 5.32 Å². The van der Waals surface area contributed by atoms with Crippen LogP contribution in [-0.4, -0.2) is 36.0 Å². The summed E-state index contributed by atoms with van der Waals surface area (Å²) < 4.78 is 5.10. The van der Waals surface area contributed by atoms with Gasteiger partial charge in [-0.25, -0.2) is 4.79 Å². The Morgan fingerprint density at radius 2 is 1.84 bits per heavy atom. The first-order valence-electron chi connectivity index (χ1n) is 7.26. The maximum absolute atomic E-state index is 12.0. The highest BCUT2D eigenvalue weighted by Gasteiger charge is 2.15. The van der Waals surface area contributed by atoms with Crippen molar-refractivity contribution in [3.05, 3.63) is 39.7 Å². The van der Waals surface area contributed by atoms with E-state index in [1.807, 2.05) is 5.32 Å². The summed E-state index contributed by atoms with van der Waals surface area (Å²) in [5, 5.41) is 24.5. The molecule has 2 aromatic rings. The second-order valence-electron chi connectivity index (χ2n) is 5.28. The van der Waals surface area contributed by atoms with Crippen molar-refractivity contribution in [2.75, 3.05) is 13.1 Å². The SMILES string of the molecule is Cc1c(CC(=O)NCC(=O)NCC(=O)[O-])c(=O)oc2cc(O)ccc12. The van der Waals surface area contributed by atoms with Gasteiger partial charge in [-0.3, -0.25) is 9.59 Å². The minimum Gasteiger partial charge on any atom is -0.548 e. The summed E-state index contributed by atoms with van der Waals surface area (Å²) in [5.41, 5.74) is 0.147. The average molecular weight is 347 g/mol. The highest BCUT2D eigenvalue weighted by Crippen LogP contribution is 2.23. The number of carboxylic acids is 1. The minimum absolute atomic E-state index is 0.0527. The van der Waals surface area contributed by atoms with E-state index in [1.54, 1.807) is 13.0 Å². The van der Waals surface area contributed by atoms with Gasteiger partial charge in [-0.15, -0.1) is 0 Å². The highest BCUT2D eigenvalue weighted by molar-refractivity contribution is 5.88. The lowest BCUT2D eigenvalue weighted by atomic mass is 10.0. The molecule has 1 heterocycles. The molecule has 0 fully saturated rings. The number of hydrogen-bond acceptors (Lipinski definition) is 7. The van der Waals surface area contributed by atoms with Crippen molar-refractivity contribution in [2.24, 2.45) is 0 Å². The molecule has 3 N–H and O–H groups in total. The van der Waals surface area contributed by atoms with Gasteiger partial charge in [0.25, 0.3) is 0 Å². The second kappa shape index (κ2) is 7.47. The van der Waals surface area contributed by atoms with E-state index >= 15 is 0 Å². The topological polar surface area (TPSA) is 149 Å². The van der Waals surface area contributed by atoms with Gasteiger partial charge in [0.2, 0.25) is 11.8 Å². The zero-order chi connectivity index (χ0) is 18.6. The maximum Gasteiger partial charge on any atom is 0.340 e. The number of fused-ring (bicyclic) bond motifs is 1. The Bertz CT molecular complexity index is 901.